The highest BCUT2D eigenvalue weighted by atomic mass is 16.5. The molecule has 3 heteroatoms. The van der Waals surface area contributed by atoms with Gasteiger partial charge in [-0.25, -0.2) is 0 Å². The first-order valence-corrected chi connectivity index (χ1v) is 6.04. The predicted molar refractivity (Wildman–Crippen MR) is 73.9 cm³/mol. The van der Waals surface area contributed by atoms with Crippen molar-refractivity contribution in [3.05, 3.63) is 59.2 Å². The molecule has 0 N–H and O–H groups in total. The van der Waals surface area contributed by atoms with E-state index in [2.05, 4.69) is 6.07 Å². The summed E-state index contributed by atoms with van der Waals surface area (Å²) >= 11 is 0. The number of ether oxygens (including phenoxy) is 2. The van der Waals surface area contributed by atoms with Gasteiger partial charge in [0.15, 0.2) is 11.5 Å². The topological polar surface area (TPSA) is 35.5 Å². The molecule has 0 aliphatic heterocycles. The fourth-order valence-corrected chi connectivity index (χ4v) is 1.84. The van der Waals surface area contributed by atoms with Crippen molar-refractivity contribution >= 4 is 6.29 Å². The average Bonchev–Trinajstić information content (AvgIpc) is 2.45. The number of rotatable bonds is 5. The van der Waals surface area contributed by atoms with E-state index in [0.717, 1.165) is 11.8 Å². The van der Waals surface area contributed by atoms with Crippen molar-refractivity contribution in [2.45, 2.75) is 13.5 Å². The quantitative estimate of drug-likeness (QED) is 0.769. The molecule has 2 rings (SSSR count). The predicted octanol–water partition coefficient (Wildman–Crippen LogP) is 3.40. The monoisotopic (exact) mass is 256 g/mol. The normalized spacial score (nSPS) is 10.0. The molecule has 0 aliphatic carbocycles. The molecule has 2 aromatic carbocycles. The molecule has 0 aliphatic rings. The van der Waals surface area contributed by atoms with Gasteiger partial charge in [-0.05, 0) is 30.7 Å². The minimum absolute atomic E-state index is 0.445. The summed E-state index contributed by atoms with van der Waals surface area (Å²) in [4.78, 5) is 10.8. The van der Waals surface area contributed by atoms with E-state index in [-0.39, 0.29) is 0 Å². The number of carbonyl (C=O) groups is 1. The van der Waals surface area contributed by atoms with Crippen LogP contribution in [0, 0.1) is 6.92 Å². The summed E-state index contributed by atoms with van der Waals surface area (Å²) in [6.45, 7) is 2.48. The third-order valence-electron chi connectivity index (χ3n) is 2.80. The van der Waals surface area contributed by atoms with E-state index in [9.17, 15) is 4.79 Å². The molecular weight excluding hydrogens is 240 g/mol. The van der Waals surface area contributed by atoms with Crippen LogP contribution in [0.4, 0.5) is 0 Å². The average molecular weight is 256 g/mol. The van der Waals surface area contributed by atoms with Gasteiger partial charge in [-0.3, -0.25) is 4.79 Å². The maximum Gasteiger partial charge on any atom is 0.162 e. The van der Waals surface area contributed by atoms with Crippen molar-refractivity contribution in [1.82, 2.24) is 0 Å². The van der Waals surface area contributed by atoms with Gasteiger partial charge in [0, 0.05) is 5.56 Å². The Morgan fingerprint density at radius 2 is 1.95 bits per heavy atom. The molecule has 0 bridgehead atoms. The molecule has 2 aromatic rings. The van der Waals surface area contributed by atoms with Gasteiger partial charge in [-0.15, -0.1) is 0 Å². The number of hydrogen-bond donors (Lipinski definition) is 0. The Hall–Kier alpha value is -2.29. The van der Waals surface area contributed by atoms with Crippen LogP contribution in [-0.4, -0.2) is 13.4 Å². The molecule has 0 saturated heterocycles. The highest BCUT2D eigenvalue weighted by Gasteiger charge is 2.06. The Balaban J connectivity index is 2.16. The van der Waals surface area contributed by atoms with Crippen LogP contribution in [0.3, 0.4) is 0 Å². The molecule has 0 saturated carbocycles. The third kappa shape index (κ3) is 3.35. The first kappa shape index (κ1) is 13.1. The lowest BCUT2D eigenvalue weighted by Gasteiger charge is -2.11. The summed E-state index contributed by atoms with van der Waals surface area (Å²) in [5, 5.41) is 0. The smallest absolute Gasteiger partial charge is 0.162 e. The second-order valence-electron chi connectivity index (χ2n) is 4.31. The van der Waals surface area contributed by atoms with E-state index in [1.54, 1.807) is 25.3 Å². The van der Waals surface area contributed by atoms with Gasteiger partial charge in [0.1, 0.15) is 12.9 Å². The van der Waals surface area contributed by atoms with Crippen LogP contribution in [0.5, 0.6) is 11.5 Å². The molecule has 19 heavy (non-hydrogen) atoms. The third-order valence-corrected chi connectivity index (χ3v) is 2.80. The fraction of sp³-hybridized carbons (Fsp3) is 0.188. The number of aryl methyl sites for hydroxylation is 1. The number of aldehydes is 1. The molecule has 98 valence electrons. The molecule has 0 heterocycles. The molecule has 0 fully saturated rings. The second kappa shape index (κ2) is 6.05. The highest BCUT2D eigenvalue weighted by Crippen LogP contribution is 2.28. The van der Waals surface area contributed by atoms with Crippen LogP contribution < -0.4 is 9.47 Å². The van der Waals surface area contributed by atoms with Crippen molar-refractivity contribution in [3.63, 3.8) is 0 Å². The van der Waals surface area contributed by atoms with Crippen molar-refractivity contribution in [1.29, 1.82) is 0 Å². The number of benzene rings is 2. The summed E-state index contributed by atoms with van der Waals surface area (Å²) in [5.41, 5.74) is 2.84. The Morgan fingerprint density at radius 1 is 1.11 bits per heavy atom. The summed E-state index contributed by atoms with van der Waals surface area (Å²) < 4.78 is 10.9. The Kier molecular flexibility index (Phi) is 4.18. The SMILES string of the molecule is COc1ccc(C=O)cc1OCc1cccc(C)c1. The number of carbonyl (C=O) groups excluding carboxylic acids is 1. The fourth-order valence-electron chi connectivity index (χ4n) is 1.84. The van der Waals surface area contributed by atoms with Gasteiger partial charge in [0.05, 0.1) is 7.11 Å². The lowest BCUT2D eigenvalue weighted by molar-refractivity contribution is 0.112. The Bertz CT molecular complexity index is 576. The van der Waals surface area contributed by atoms with E-state index >= 15 is 0 Å². The highest BCUT2D eigenvalue weighted by molar-refractivity contribution is 5.76. The van der Waals surface area contributed by atoms with Crippen LogP contribution in [0.1, 0.15) is 21.5 Å². The minimum Gasteiger partial charge on any atom is -0.493 e. The van der Waals surface area contributed by atoms with Crippen molar-refractivity contribution in [2.75, 3.05) is 7.11 Å². The van der Waals surface area contributed by atoms with E-state index in [4.69, 9.17) is 9.47 Å². The van der Waals surface area contributed by atoms with Gasteiger partial charge in [-0.2, -0.15) is 0 Å². The molecule has 0 spiro atoms. The second-order valence-corrected chi connectivity index (χ2v) is 4.31. The van der Waals surface area contributed by atoms with Crippen molar-refractivity contribution in [3.8, 4) is 11.5 Å². The molecule has 3 nitrogen and oxygen atoms in total. The maximum atomic E-state index is 10.8. The van der Waals surface area contributed by atoms with Crippen molar-refractivity contribution < 1.29 is 14.3 Å². The zero-order chi connectivity index (χ0) is 13.7. The Labute approximate surface area is 112 Å². The minimum atomic E-state index is 0.445. The molecule has 0 amide bonds. The van der Waals surface area contributed by atoms with E-state index in [1.807, 2.05) is 25.1 Å². The lowest BCUT2D eigenvalue weighted by atomic mass is 10.1. The van der Waals surface area contributed by atoms with Gasteiger partial charge in [0.25, 0.3) is 0 Å². The summed E-state index contributed by atoms with van der Waals surface area (Å²) in [7, 11) is 1.58. The van der Waals surface area contributed by atoms with E-state index in [0.29, 0.717) is 23.7 Å². The van der Waals surface area contributed by atoms with Crippen LogP contribution in [-0.2, 0) is 6.61 Å². The van der Waals surface area contributed by atoms with Crippen LogP contribution in [0.15, 0.2) is 42.5 Å². The summed E-state index contributed by atoms with van der Waals surface area (Å²) in [6, 6.07) is 13.2. The molecular formula is C16H16O3. The van der Waals surface area contributed by atoms with Crippen LogP contribution in [0.25, 0.3) is 0 Å². The lowest BCUT2D eigenvalue weighted by Crippen LogP contribution is -1.98. The molecule has 0 aromatic heterocycles. The largest absolute Gasteiger partial charge is 0.493 e. The zero-order valence-electron chi connectivity index (χ0n) is 11.1. The summed E-state index contributed by atoms with van der Waals surface area (Å²) in [6.07, 6.45) is 0.791. The van der Waals surface area contributed by atoms with E-state index < -0.39 is 0 Å². The first-order valence-electron chi connectivity index (χ1n) is 6.04. The Morgan fingerprint density at radius 3 is 2.63 bits per heavy atom. The molecule has 0 atom stereocenters. The van der Waals surface area contributed by atoms with Gasteiger partial charge in [0.2, 0.25) is 0 Å². The van der Waals surface area contributed by atoms with Gasteiger partial charge < -0.3 is 9.47 Å². The zero-order valence-corrected chi connectivity index (χ0v) is 11.1. The first-order chi connectivity index (χ1) is 9.22. The molecule has 0 unspecified atom stereocenters. The van der Waals surface area contributed by atoms with Gasteiger partial charge >= 0.3 is 0 Å². The maximum absolute atomic E-state index is 10.8. The number of methoxy groups -OCH3 is 1. The van der Waals surface area contributed by atoms with Gasteiger partial charge in [-0.1, -0.05) is 29.8 Å². The standard InChI is InChI=1S/C16H16O3/c1-12-4-3-5-14(8-12)11-19-16-9-13(10-17)6-7-15(16)18-2/h3-10H,11H2,1-2H3. The van der Waals surface area contributed by atoms with Crippen LogP contribution in [0.2, 0.25) is 0 Å². The van der Waals surface area contributed by atoms with E-state index in [1.165, 1.54) is 5.56 Å². The van der Waals surface area contributed by atoms with Crippen LogP contribution >= 0.6 is 0 Å². The molecule has 0 radical (unpaired) electrons. The number of hydrogen-bond acceptors (Lipinski definition) is 3. The van der Waals surface area contributed by atoms with Crippen molar-refractivity contribution in [2.24, 2.45) is 0 Å². The summed E-state index contributed by atoms with van der Waals surface area (Å²) in [5.74, 6) is 1.20.